The standard InChI is InChI=1S/C14H16F2N2S/c1-2-10(18-14(17)19)5-8-3-4-9-6-12(15)13(16)7-11(8)9/h2,6-8H,3-5H2,1H3,(H3,17,18,19)/b10-2-. The summed E-state index contributed by atoms with van der Waals surface area (Å²) in [5, 5.41) is 3.13. The second-order valence-electron chi connectivity index (χ2n) is 4.71. The van der Waals surface area contributed by atoms with Crippen LogP contribution in [0.25, 0.3) is 0 Å². The van der Waals surface area contributed by atoms with E-state index in [2.05, 4.69) is 5.32 Å². The molecule has 2 nitrogen and oxygen atoms in total. The molecule has 0 saturated carbocycles. The quantitative estimate of drug-likeness (QED) is 0.837. The van der Waals surface area contributed by atoms with Crippen LogP contribution < -0.4 is 11.1 Å². The molecule has 0 spiro atoms. The van der Waals surface area contributed by atoms with Gasteiger partial charge >= 0.3 is 0 Å². The molecular weight excluding hydrogens is 266 g/mol. The first-order chi connectivity index (χ1) is 9.01. The van der Waals surface area contributed by atoms with Crippen LogP contribution in [0.4, 0.5) is 8.78 Å². The summed E-state index contributed by atoms with van der Waals surface area (Å²) >= 11 is 4.81. The normalized spacial score (nSPS) is 18.3. The molecule has 0 heterocycles. The number of nitrogens with two attached hydrogens (primary N) is 1. The van der Waals surface area contributed by atoms with Gasteiger partial charge in [0.2, 0.25) is 0 Å². The Labute approximate surface area is 116 Å². The van der Waals surface area contributed by atoms with Crippen molar-refractivity contribution in [3.05, 3.63) is 46.7 Å². The Bertz CT molecular complexity index is 540. The topological polar surface area (TPSA) is 38.0 Å². The third-order valence-electron chi connectivity index (χ3n) is 3.48. The second kappa shape index (κ2) is 5.65. The first-order valence-corrected chi connectivity index (χ1v) is 6.61. The highest BCUT2D eigenvalue weighted by Crippen LogP contribution is 2.37. The van der Waals surface area contributed by atoms with Crippen molar-refractivity contribution in [1.29, 1.82) is 0 Å². The zero-order valence-corrected chi connectivity index (χ0v) is 11.5. The van der Waals surface area contributed by atoms with Gasteiger partial charge in [0.1, 0.15) is 0 Å². The van der Waals surface area contributed by atoms with E-state index in [1.165, 1.54) is 12.1 Å². The first kappa shape index (κ1) is 13.9. The molecule has 1 aromatic carbocycles. The van der Waals surface area contributed by atoms with Gasteiger partial charge in [-0.2, -0.15) is 0 Å². The van der Waals surface area contributed by atoms with E-state index in [0.717, 1.165) is 29.7 Å². The Morgan fingerprint density at radius 1 is 1.47 bits per heavy atom. The zero-order valence-electron chi connectivity index (χ0n) is 10.7. The molecular formula is C14H16F2N2S. The van der Waals surface area contributed by atoms with Crippen molar-refractivity contribution < 1.29 is 8.78 Å². The molecule has 1 atom stereocenters. The number of hydrogen-bond donors (Lipinski definition) is 2. The molecule has 0 saturated heterocycles. The molecule has 5 heteroatoms. The minimum Gasteiger partial charge on any atom is -0.376 e. The number of nitrogens with one attached hydrogen (secondary N) is 1. The molecule has 2 rings (SSSR count). The number of rotatable bonds is 3. The lowest BCUT2D eigenvalue weighted by Crippen LogP contribution is -2.28. The van der Waals surface area contributed by atoms with Crippen molar-refractivity contribution in [2.24, 2.45) is 5.73 Å². The molecule has 0 radical (unpaired) electrons. The summed E-state index contributed by atoms with van der Waals surface area (Å²) < 4.78 is 26.5. The maximum atomic E-state index is 13.3. The molecule has 0 amide bonds. The molecule has 1 aliphatic carbocycles. The SMILES string of the molecule is C/C=C(/CC1CCc2cc(F)c(F)cc21)NC(N)=S. The van der Waals surface area contributed by atoms with Crippen LogP contribution in [0.1, 0.15) is 36.8 Å². The predicted molar refractivity (Wildman–Crippen MR) is 75.7 cm³/mol. The summed E-state index contributed by atoms with van der Waals surface area (Å²) in [5.74, 6) is -1.37. The van der Waals surface area contributed by atoms with Gasteiger partial charge in [0.25, 0.3) is 0 Å². The number of fused-ring (bicyclic) bond motifs is 1. The molecule has 0 bridgehead atoms. The van der Waals surface area contributed by atoms with Gasteiger partial charge in [-0.25, -0.2) is 8.78 Å². The van der Waals surface area contributed by atoms with Crippen molar-refractivity contribution in [3.63, 3.8) is 0 Å². The number of benzene rings is 1. The fourth-order valence-corrected chi connectivity index (χ4v) is 2.69. The van der Waals surface area contributed by atoms with Gasteiger partial charge < -0.3 is 11.1 Å². The minimum absolute atomic E-state index is 0.179. The lowest BCUT2D eigenvalue weighted by molar-refractivity contribution is 0.505. The largest absolute Gasteiger partial charge is 0.376 e. The summed E-state index contributed by atoms with van der Waals surface area (Å²) in [7, 11) is 0. The van der Waals surface area contributed by atoms with E-state index in [4.69, 9.17) is 18.0 Å². The smallest absolute Gasteiger partial charge is 0.167 e. The van der Waals surface area contributed by atoms with Crippen LogP contribution in [0, 0.1) is 11.6 Å². The van der Waals surface area contributed by atoms with Crippen molar-refractivity contribution in [3.8, 4) is 0 Å². The minimum atomic E-state index is -0.782. The molecule has 19 heavy (non-hydrogen) atoms. The van der Waals surface area contributed by atoms with Crippen LogP contribution >= 0.6 is 12.2 Å². The highest BCUT2D eigenvalue weighted by atomic mass is 32.1. The molecule has 102 valence electrons. The monoisotopic (exact) mass is 282 g/mol. The Balaban J connectivity index is 2.18. The number of halogens is 2. The van der Waals surface area contributed by atoms with Gasteiger partial charge in [-0.3, -0.25) is 0 Å². The lowest BCUT2D eigenvalue weighted by atomic mass is 9.96. The molecule has 1 unspecified atom stereocenters. The van der Waals surface area contributed by atoms with Crippen molar-refractivity contribution in [1.82, 2.24) is 5.32 Å². The van der Waals surface area contributed by atoms with E-state index >= 15 is 0 Å². The molecule has 1 aliphatic rings. The Hall–Kier alpha value is -1.49. The Morgan fingerprint density at radius 2 is 2.16 bits per heavy atom. The van der Waals surface area contributed by atoms with Crippen LogP contribution in [0.3, 0.4) is 0 Å². The van der Waals surface area contributed by atoms with Gasteiger partial charge in [0.15, 0.2) is 16.7 Å². The van der Waals surface area contributed by atoms with Gasteiger partial charge in [-0.05, 0) is 67.6 Å². The molecule has 0 aromatic heterocycles. The third kappa shape index (κ3) is 3.10. The summed E-state index contributed by atoms with van der Waals surface area (Å²) in [5.41, 5.74) is 8.15. The predicted octanol–water partition coefficient (Wildman–Crippen LogP) is 3.12. The third-order valence-corrected chi connectivity index (χ3v) is 3.58. The van der Waals surface area contributed by atoms with Crippen LogP contribution in [0.15, 0.2) is 23.9 Å². The van der Waals surface area contributed by atoms with Crippen LogP contribution in [0.5, 0.6) is 0 Å². The molecule has 1 aromatic rings. The highest BCUT2D eigenvalue weighted by Gasteiger charge is 2.25. The van der Waals surface area contributed by atoms with E-state index in [1.54, 1.807) is 0 Å². The van der Waals surface area contributed by atoms with Gasteiger partial charge in [-0.15, -0.1) is 0 Å². The number of aryl methyl sites for hydroxylation is 1. The molecule has 0 fully saturated rings. The number of thiocarbonyl (C=S) groups is 1. The fraction of sp³-hybridized carbons (Fsp3) is 0.357. The first-order valence-electron chi connectivity index (χ1n) is 6.20. The summed E-state index contributed by atoms with van der Waals surface area (Å²) in [6.45, 7) is 1.89. The molecule has 3 N–H and O–H groups in total. The van der Waals surface area contributed by atoms with Crippen LogP contribution in [-0.4, -0.2) is 5.11 Å². The lowest BCUT2D eigenvalue weighted by Gasteiger charge is -2.15. The zero-order chi connectivity index (χ0) is 14.0. The van der Waals surface area contributed by atoms with E-state index in [-0.39, 0.29) is 11.0 Å². The van der Waals surface area contributed by atoms with E-state index in [9.17, 15) is 8.78 Å². The number of allylic oxidation sites excluding steroid dienone is 2. The summed E-state index contributed by atoms with van der Waals surface area (Å²) in [6, 6.07) is 2.62. The maximum absolute atomic E-state index is 13.3. The fourth-order valence-electron chi connectivity index (χ4n) is 2.56. The number of hydrogen-bond acceptors (Lipinski definition) is 1. The van der Waals surface area contributed by atoms with Gasteiger partial charge in [0.05, 0.1) is 0 Å². The Morgan fingerprint density at radius 3 is 2.79 bits per heavy atom. The highest BCUT2D eigenvalue weighted by molar-refractivity contribution is 7.80. The average molecular weight is 282 g/mol. The average Bonchev–Trinajstić information content (AvgIpc) is 2.71. The van der Waals surface area contributed by atoms with Crippen molar-refractivity contribution in [2.45, 2.75) is 32.1 Å². The summed E-state index contributed by atoms with van der Waals surface area (Å²) in [6.07, 6.45) is 4.26. The van der Waals surface area contributed by atoms with Crippen LogP contribution in [0.2, 0.25) is 0 Å². The summed E-state index contributed by atoms with van der Waals surface area (Å²) in [4.78, 5) is 0. The Kier molecular flexibility index (Phi) is 4.14. The van der Waals surface area contributed by atoms with E-state index in [0.29, 0.717) is 6.42 Å². The maximum Gasteiger partial charge on any atom is 0.167 e. The van der Waals surface area contributed by atoms with Gasteiger partial charge in [-0.1, -0.05) is 6.08 Å². The van der Waals surface area contributed by atoms with E-state index in [1.807, 2.05) is 13.0 Å². The van der Waals surface area contributed by atoms with Crippen LogP contribution in [-0.2, 0) is 6.42 Å². The van der Waals surface area contributed by atoms with E-state index < -0.39 is 11.6 Å². The molecule has 0 aliphatic heterocycles. The second-order valence-corrected chi connectivity index (χ2v) is 5.15. The van der Waals surface area contributed by atoms with Crippen molar-refractivity contribution in [2.75, 3.05) is 0 Å². The van der Waals surface area contributed by atoms with Crippen molar-refractivity contribution >= 4 is 17.3 Å². The van der Waals surface area contributed by atoms with Gasteiger partial charge in [0, 0.05) is 5.70 Å².